The quantitative estimate of drug-likeness (QED) is 0.860. The molecule has 124 valence electrons. The fourth-order valence-corrected chi connectivity index (χ4v) is 2.57. The van der Waals surface area contributed by atoms with E-state index < -0.39 is 6.10 Å². The van der Waals surface area contributed by atoms with Crippen LogP contribution in [-0.2, 0) is 10.8 Å². The summed E-state index contributed by atoms with van der Waals surface area (Å²) in [5.74, 6) is 0.156. The second kappa shape index (κ2) is 5.97. The number of phenols is 1. The number of hydrogen-bond acceptors (Lipinski definition) is 3. The van der Waals surface area contributed by atoms with Gasteiger partial charge in [-0.05, 0) is 40.2 Å². The van der Waals surface area contributed by atoms with Crippen molar-refractivity contribution >= 4 is 0 Å². The van der Waals surface area contributed by atoms with Crippen molar-refractivity contribution in [2.45, 2.75) is 58.5 Å². The maximum absolute atomic E-state index is 10.8. The van der Waals surface area contributed by atoms with Crippen molar-refractivity contribution in [3.05, 3.63) is 58.9 Å². The van der Waals surface area contributed by atoms with Gasteiger partial charge in [-0.1, -0.05) is 53.7 Å². The van der Waals surface area contributed by atoms with Crippen LogP contribution in [0.3, 0.4) is 0 Å². The second-order valence-electron chi connectivity index (χ2n) is 8.12. The maximum Gasteiger partial charge on any atom is 0.125 e. The van der Waals surface area contributed by atoms with Crippen LogP contribution in [0, 0.1) is 0 Å². The van der Waals surface area contributed by atoms with Gasteiger partial charge < -0.3 is 10.2 Å². The molecule has 1 aromatic carbocycles. The van der Waals surface area contributed by atoms with Gasteiger partial charge in [0, 0.05) is 11.8 Å². The van der Waals surface area contributed by atoms with Crippen LogP contribution in [0.2, 0.25) is 0 Å². The third kappa shape index (κ3) is 3.73. The Hall–Kier alpha value is -1.87. The standard InChI is InChI=1S/C20H27NO2/c1-19(2,3)13-11-14(17(22)15(12-13)20(4,5)6)18(23)16-9-7-8-10-21-16/h7-12,18,22-23H,1-6H3. The molecule has 0 fully saturated rings. The Morgan fingerprint density at radius 3 is 2.09 bits per heavy atom. The normalized spacial score (nSPS) is 13.9. The highest BCUT2D eigenvalue weighted by molar-refractivity contribution is 5.51. The molecule has 0 saturated heterocycles. The van der Waals surface area contributed by atoms with Crippen molar-refractivity contribution in [3.63, 3.8) is 0 Å². The molecule has 1 unspecified atom stereocenters. The molecule has 0 spiro atoms. The number of benzene rings is 1. The highest BCUT2D eigenvalue weighted by atomic mass is 16.3. The van der Waals surface area contributed by atoms with Gasteiger partial charge >= 0.3 is 0 Å². The van der Waals surface area contributed by atoms with Crippen LogP contribution in [0.15, 0.2) is 36.5 Å². The maximum atomic E-state index is 10.8. The number of nitrogens with zero attached hydrogens (tertiary/aromatic N) is 1. The van der Waals surface area contributed by atoms with Crippen molar-refractivity contribution in [3.8, 4) is 5.75 Å². The first kappa shape index (κ1) is 17.5. The Bertz CT molecular complexity index is 679. The number of hydrogen-bond donors (Lipinski definition) is 2. The van der Waals surface area contributed by atoms with Crippen LogP contribution in [0.25, 0.3) is 0 Å². The molecule has 1 heterocycles. The summed E-state index contributed by atoms with van der Waals surface area (Å²) in [6, 6.07) is 9.35. The van der Waals surface area contributed by atoms with Gasteiger partial charge in [0.2, 0.25) is 0 Å². The average molecular weight is 313 g/mol. The number of aromatic nitrogens is 1. The summed E-state index contributed by atoms with van der Waals surface area (Å²) in [6.07, 6.45) is 0.702. The first-order chi connectivity index (χ1) is 10.5. The zero-order chi connectivity index (χ0) is 17.4. The fourth-order valence-electron chi connectivity index (χ4n) is 2.57. The zero-order valence-corrected chi connectivity index (χ0v) is 14.9. The molecule has 2 N–H and O–H groups in total. The van der Waals surface area contributed by atoms with Gasteiger partial charge in [-0.2, -0.15) is 0 Å². The van der Waals surface area contributed by atoms with Crippen molar-refractivity contribution in [1.29, 1.82) is 0 Å². The van der Waals surface area contributed by atoms with E-state index in [0.29, 0.717) is 11.3 Å². The summed E-state index contributed by atoms with van der Waals surface area (Å²) in [5.41, 5.74) is 2.69. The molecule has 2 rings (SSSR count). The van der Waals surface area contributed by atoms with E-state index in [-0.39, 0.29) is 16.6 Å². The third-order valence-electron chi connectivity index (χ3n) is 4.08. The van der Waals surface area contributed by atoms with E-state index in [1.54, 1.807) is 12.3 Å². The molecular weight excluding hydrogens is 286 g/mol. The van der Waals surface area contributed by atoms with Crippen LogP contribution in [-0.4, -0.2) is 15.2 Å². The second-order valence-corrected chi connectivity index (χ2v) is 8.12. The van der Waals surface area contributed by atoms with Crippen LogP contribution in [0.1, 0.15) is 70.0 Å². The molecule has 0 aliphatic rings. The molecule has 1 atom stereocenters. The molecule has 0 saturated carbocycles. The number of aliphatic hydroxyl groups excluding tert-OH is 1. The molecule has 0 aliphatic carbocycles. The van der Waals surface area contributed by atoms with E-state index in [1.165, 1.54) is 0 Å². The Balaban J connectivity index is 2.67. The number of aliphatic hydroxyl groups is 1. The molecule has 23 heavy (non-hydrogen) atoms. The Labute approximate surface area is 139 Å². The van der Waals surface area contributed by atoms with Gasteiger partial charge in [0.1, 0.15) is 11.9 Å². The van der Waals surface area contributed by atoms with Crippen LogP contribution in [0.4, 0.5) is 0 Å². The number of rotatable bonds is 2. The molecule has 3 heteroatoms. The molecule has 3 nitrogen and oxygen atoms in total. The first-order valence-corrected chi connectivity index (χ1v) is 7.98. The van der Waals surface area contributed by atoms with Crippen molar-refractivity contribution in [2.75, 3.05) is 0 Å². The summed E-state index contributed by atoms with van der Waals surface area (Å²) in [4.78, 5) is 4.22. The molecule has 0 bridgehead atoms. The van der Waals surface area contributed by atoms with Gasteiger partial charge in [-0.3, -0.25) is 4.98 Å². The van der Waals surface area contributed by atoms with Crippen molar-refractivity contribution < 1.29 is 10.2 Å². The molecule has 0 radical (unpaired) electrons. The third-order valence-corrected chi connectivity index (χ3v) is 4.08. The van der Waals surface area contributed by atoms with E-state index in [4.69, 9.17) is 0 Å². The predicted molar refractivity (Wildman–Crippen MR) is 93.8 cm³/mol. The monoisotopic (exact) mass is 313 g/mol. The van der Waals surface area contributed by atoms with E-state index in [0.717, 1.165) is 11.1 Å². The van der Waals surface area contributed by atoms with Gasteiger partial charge in [-0.15, -0.1) is 0 Å². The van der Waals surface area contributed by atoms with E-state index >= 15 is 0 Å². The summed E-state index contributed by atoms with van der Waals surface area (Å²) in [6.45, 7) is 12.6. The summed E-state index contributed by atoms with van der Waals surface area (Å²) < 4.78 is 0. The van der Waals surface area contributed by atoms with Gasteiger partial charge in [0.25, 0.3) is 0 Å². The van der Waals surface area contributed by atoms with Gasteiger partial charge in [0.05, 0.1) is 5.69 Å². The summed E-state index contributed by atoms with van der Waals surface area (Å²) in [5, 5.41) is 21.5. The van der Waals surface area contributed by atoms with Gasteiger partial charge in [0.15, 0.2) is 0 Å². The van der Waals surface area contributed by atoms with Crippen molar-refractivity contribution in [2.24, 2.45) is 0 Å². The lowest BCUT2D eigenvalue weighted by Crippen LogP contribution is -2.18. The molecule has 0 amide bonds. The van der Waals surface area contributed by atoms with Crippen LogP contribution >= 0.6 is 0 Å². The van der Waals surface area contributed by atoms with E-state index in [1.807, 2.05) is 24.3 Å². The topological polar surface area (TPSA) is 53.4 Å². The van der Waals surface area contributed by atoms with E-state index in [2.05, 4.69) is 46.5 Å². The summed E-state index contributed by atoms with van der Waals surface area (Å²) in [7, 11) is 0. The SMILES string of the molecule is CC(C)(C)c1cc(C(O)c2ccccn2)c(O)c(C(C)(C)C)c1. The minimum Gasteiger partial charge on any atom is -0.507 e. The molecule has 2 aromatic rings. The number of aromatic hydroxyl groups is 1. The molecule has 1 aromatic heterocycles. The molecular formula is C20H27NO2. The highest BCUT2D eigenvalue weighted by Crippen LogP contribution is 2.40. The van der Waals surface area contributed by atoms with Crippen molar-refractivity contribution in [1.82, 2.24) is 4.98 Å². The Kier molecular flexibility index (Phi) is 4.54. The lowest BCUT2D eigenvalue weighted by atomic mass is 9.78. The Morgan fingerprint density at radius 2 is 1.61 bits per heavy atom. The number of pyridine rings is 1. The van der Waals surface area contributed by atoms with Crippen LogP contribution < -0.4 is 0 Å². The number of phenolic OH excluding ortho intramolecular Hbond substituents is 1. The van der Waals surface area contributed by atoms with Gasteiger partial charge in [-0.25, -0.2) is 0 Å². The predicted octanol–water partition coefficient (Wildman–Crippen LogP) is 4.46. The smallest absolute Gasteiger partial charge is 0.125 e. The van der Waals surface area contributed by atoms with E-state index in [9.17, 15) is 10.2 Å². The Morgan fingerprint density at radius 1 is 0.957 bits per heavy atom. The highest BCUT2D eigenvalue weighted by Gasteiger charge is 2.27. The lowest BCUT2D eigenvalue weighted by molar-refractivity contribution is 0.210. The minimum absolute atomic E-state index is 0.0771. The summed E-state index contributed by atoms with van der Waals surface area (Å²) >= 11 is 0. The van der Waals surface area contributed by atoms with Crippen LogP contribution in [0.5, 0.6) is 5.75 Å². The average Bonchev–Trinajstić information content (AvgIpc) is 2.45. The minimum atomic E-state index is -0.945. The zero-order valence-electron chi connectivity index (χ0n) is 14.9. The molecule has 0 aliphatic heterocycles. The fraction of sp³-hybridized carbons (Fsp3) is 0.450. The lowest BCUT2D eigenvalue weighted by Gasteiger charge is -2.28. The largest absolute Gasteiger partial charge is 0.507 e. The first-order valence-electron chi connectivity index (χ1n) is 7.98.